The highest BCUT2D eigenvalue weighted by atomic mass is 79.9. The first-order valence-electron chi connectivity index (χ1n) is 8.48. The number of hydrogen-bond donors (Lipinski definition) is 1. The Kier molecular flexibility index (Phi) is 3.82. The summed E-state index contributed by atoms with van der Waals surface area (Å²) in [4.78, 5) is 15.0. The summed E-state index contributed by atoms with van der Waals surface area (Å²) in [6.07, 6.45) is 1.22. The zero-order chi connectivity index (χ0) is 18.4. The fourth-order valence-corrected chi connectivity index (χ4v) is 3.95. The highest BCUT2D eigenvalue weighted by Crippen LogP contribution is 2.43. The second kappa shape index (κ2) is 6.35. The molecule has 0 unspecified atom stereocenters. The van der Waals surface area contributed by atoms with Gasteiger partial charge in [0.05, 0.1) is 18.4 Å². The highest BCUT2D eigenvalue weighted by molar-refractivity contribution is 9.10. The minimum Gasteiger partial charge on any atom is -0.467 e. The van der Waals surface area contributed by atoms with Crippen LogP contribution in [0.5, 0.6) is 11.5 Å². The number of nitrogens with one attached hydrogen (secondary N) is 1. The van der Waals surface area contributed by atoms with Crippen molar-refractivity contribution in [3.05, 3.63) is 76.2 Å². The van der Waals surface area contributed by atoms with Crippen molar-refractivity contribution in [2.75, 3.05) is 12.1 Å². The van der Waals surface area contributed by atoms with Gasteiger partial charge in [0, 0.05) is 15.7 Å². The number of rotatable bonds is 3. The van der Waals surface area contributed by atoms with Crippen molar-refractivity contribution in [3.8, 4) is 11.5 Å². The summed E-state index contributed by atoms with van der Waals surface area (Å²) >= 11 is 3.61. The molecule has 2 aliphatic heterocycles. The lowest BCUT2D eigenvalue weighted by atomic mass is 10.0. The number of para-hydroxylation sites is 1. The summed E-state index contributed by atoms with van der Waals surface area (Å²) in [7, 11) is 0. The standard InChI is InChI=1S/C20H15BrN2O4/c21-15-9-18-17(26-11-27-18)8-14(15)19-22-16-6-2-1-5-13(16)20(24)23(19)10-12-4-3-7-25-12/h1-9,19,22H,10-11H2/t19-/m1/s1. The van der Waals surface area contributed by atoms with E-state index in [2.05, 4.69) is 21.2 Å². The average molecular weight is 427 g/mol. The molecule has 27 heavy (non-hydrogen) atoms. The maximum absolute atomic E-state index is 13.2. The van der Waals surface area contributed by atoms with Gasteiger partial charge in [0.25, 0.3) is 5.91 Å². The molecule has 0 fully saturated rings. The van der Waals surface area contributed by atoms with Crippen molar-refractivity contribution in [1.29, 1.82) is 0 Å². The number of carbonyl (C=O) groups is 1. The Morgan fingerprint density at radius 3 is 2.74 bits per heavy atom. The second-order valence-corrected chi connectivity index (χ2v) is 7.19. The Balaban J connectivity index is 1.61. The molecule has 0 spiro atoms. The van der Waals surface area contributed by atoms with Gasteiger partial charge in [-0.15, -0.1) is 0 Å². The molecule has 0 bridgehead atoms. The van der Waals surface area contributed by atoms with Crippen LogP contribution in [0.25, 0.3) is 0 Å². The number of ether oxygens (including phenoxy) is 2. The summed E-state index contributed by atoms with van der Waals surface area (Å²) in [5.41, 5.74) is 2.32. The Bertz CT molecular complexity index is 1020. The molecule has 2 aromatic carbocycles. The van der Waals surface area contributed by atoms with Crippen molar-refractivity contribution in [2.45, 2.75) is 12.7 Å². The molecule has 3 aromatic rings. The number of anilines is 1. The van der Waals surface area contributed by atoms with E-state index in [0.717, 1.165) is 15.7 Å². The first kappa shape index (κ1) is 16.3. The highest BCUT2D eigenvalue weighted by Gasteiger charge is 2.35. The maximum atomic E-state index is 13.2. The summed E-state index contributed by atoms with van der Waals surface area (Å²) in [5.74, 6) is 2.01. The number of halogens is 1. The van der Waals surface area contributed by atoms with Crippen LogP contribution in [0.1, 0.15) is 27.8 Å². The SMILES string of the molecule is O=C1c2ccccc2N[C@@H](c2cc3c(cc2Br)OCO3)N1Cc1ccco1. The number of hydrogen-bond acceptors (Lipinski definition) is 5. The van der Waals surface area contributed by atoms with Crippen LogP contribution in [0, 0.1) is 0 Å². The number of fused-ring (bicyclic) bond motifs is 2. The molecule has 1 amide bonds. The molecule has 1 aromatic heterocycles. The zero-order valence-electron chi connectivity index (χ0n) is 14.1. The van der Waals surface area contributed by atoms with Crippen LogP contribution in [-0.2, 0) is 6.54 Å². The van der Waals surface area contributed by atoms with E-state index in [1.54, 1.807) is 11.2 Å². The van der Waals surface area contributed by atoms with Crippen molar-refractivity contribution < 1.29 is 18.7 Å². The molecule has 0 radical (unpaired) electrons. The van der Waals surface area contributed by atoms with E-state index in [4.69, 9.17) is 13.9 Å². The number of benzene rings is 2. The minimum atomic E-state index is -0.388. The molecule has 2 aliphatic rings. The molecule has 0 saturated carbocycles. The molecule has 3 heterocycles. The molecular weight excluding hydrogens is 412 g/mol. The predicted molar refractivity (Wildman–Crippen MR) is 102 cm³/mol. The topological polar surface area (TPSA) is 63.9 Å². The number of furan rings is 1. The van der Waals surface area contributed by atoms with E-state index >= 15 is 0 Å². The van der Waals surface area contributed by atoms with Crippen molar-refractivity contribution in [3.63, 3.8) is 0 Å². The van der Waals surface area contributed by atoms with Crippen LogP contribution in [-0.4, -0.2) is 17.6 Å². The molecule has 6 nitrogen and oxygen atoms in total. The number of amides is 1. The number of nitrogens with zero attached hydrogens (tertiary/aromatic N) is 1. The van der Waals surface area contributed by atoms with Gasteiger partial charge in [-0.05, 0) is 36.4 Å². The third kappa shape index (κ3) is 2.75. The predicted octanol–water partition coefficient (Wildman–Crippen LogP) is 4.54. The molecular formula is C20H15BrN2O4. The maximum Gasteiger partial charge on any atom is 0.258 e. The average Bonchev–Trinajstić information content (AvgIpc) is 3.35. The van der Waals surface area contributed by atoms with Gasteiger partial charge in [-0.1, -0.05) is 28.1 Å². The van der Waals surface area contributed by atoms with E-state index in [-0.39, 0.29) is 18.9 Å². The van der Waals surface area contributed by atoms with Gasteiger partial charge in [-0.3, -0.25) is 4.79 Å². The van der Waals surface area contributed by atoms with Crippen LogP contribution in [0.3, 0.4) is 0 Å². The second-order valence-electron chi connectivity index (χ2n) is 6.33. The summed E-state index contributed by atoms with van der Waals surface area (Å²) in [6, 6.07) is 15.0. The van der Waals surface area contributed by atoms with Gasteiger partial charge in [-0.25, -0.2) is 0 Å². The van der Waals surface area contributed by atoms with Crippen molar-refractivity contribution >= 4 is 27.5 Å². The number of carbonyl (C=O) groups excluding carboxylic acids is 1. The Morgan fingerprint density at radius 2 is 1.93 bits per heavy atom. The largest absolute Gasteiger partial charge is 0.467 e. The van der Waals surface area contributed by atoms with E-state index in [0.29, 0.717) is 29.4 Å². The Labute approximate surface area is 163 Å². The first-order valence-corrected chi connectivity index (χ1v) is 9.28. The van der Waals surface area contributed by atoms with Crippen molar-refractivity contribution in [1.82, 2.24) is 4.90 Å². The Hall–Kier alpha value is -2.93. The van der Waals surface area contributed by atoms with Crippen molar-refractivity contribution in [2.24, 2.45) is 0 Å². The molecule has 1 atom stereocenters. The van der Waals surface area contributed by atoms with Gasteiger partial charge in [-0.2, -0.15) is 0 Å². The molecule has 136 valence electrons. The van der Waals surface area contributed by atoms with Gasteiger partial charge in [0.1, 0.15) is 11.9 Å². The van der Waals surface area contributed by atoms with Crippen LogP contribution < -0.4 is 14.8 Å². The van der Waals surface area contributed by atoms with Gasteiger partial charge in [0.2, 0.25) is 6.79 Å². The fourth-order valence-electron chi connectivity index (χ4n) is 3.41. The van der Waals surface area contributed by atoms with Crippen LogP contribution in [0.15, 0.2) is 63.7 Å². The van der Waals surface area contributed by atoms with Crippen LogP contribution in [0.2, 0.25) is 0 Å². The molecule has 1 N–H and O–H groups in total. The van der Waals surface area contributed by atoms with Gasteiger partial charge >= 0.3 is 0 Å². The minimum absolute atomic E-state index is 0.0599. The molecule has 0 saturated heterocycles. The zero-order valence-corrected chi connectivity index (χ0v) is 15.7. The smallest absolute Gasteiger partial charge is 0.258 e. The van der Waals surface area contributed by atoms with E-state index < -0.39 is 0 Å². The van der Waals surface area contributed by atoms with Crippen LogP contribution in [0.4, 0.5) is 5.69 Å². The Morgan fingerprint density at radius 1 is 1.11 bits per heavy atom. The van der Waals surface area contributed by atoms with Gasteiger partial charge in [0.15, 0.2) is 11.5 Å². The van der Waals surface area contributed by atoms with E-state index in [1.807, 2.05) is 48.5 Å². The molecule has 0 aliphatic carbocycles. The summed E-state index contributed by atoms with van der Waals surface area (Å²) in [6.45, 7) is 0.542. The van der Waals surface area contributed by atoms with Gasteiger partial charge < -0.3 is 24.1 Å². The molecule has 5 rings (SSSR count). The lowest BCUT2D eigenvalue weighted by Gasteiger charge is -2.38. The first-order chi connectivity index (χ1) is 13.2. The van der Waals surface area contributed by atoms with E-state index in [9.17, 15) is 4.79 Å². The monoisotopic (exact) mass is 426 g/mol. The third-order valence-corrected chi connectivity index (χ3v) is 5.40. The third-order valence-electron chi connectivity index (χ3n) is 4.71. The lowest BCUT2D eigenvalue weighted by Crippen LogP contribution is -2.42. The quantitative estimate of drug-likeness (QED) is 0.665. The summed E-state index contributed by atoms with van der Waals surface area (Å²) in [5, 5.41) is 3.48. The van der Waals surface area contributed by atoms with Crippen LogP contribution >= 0.6 is 15.9 Å². The fraction of sp³-hybridized carbons (Fsp3) is 0.150. The molecule has 7 heteroatoms. The van der Waals surface area contributed by atoms with E-state index in [1.165, 1.54) is 0 Å². The summed E-state index contributed by atoms with van der Waals surface area (Å²) < 4.78 is 17.3. The lowest BCUT2D eigenvalue weighted by molar-refractivity contribution is 0.0650. The normalized spacial score (nSPS) is 17.6.